The molecule has 1 unspecified atom stereocenters. The minimum absolute atomic E-state index is 0.314. The molecule has 1 atom stereocenters. The van der Waals surface area contributed by atoms with Crippen LogP contribution in [-0.2, 0) is 4.79 Å². The average Bonchev–Trinajstić information content (AvgIpc) is 2.68. The summed E-state index contributed by atoms with van der Waals surface area (Å²) in [5, 5.41) is 3.43. The van der Waals surface area contributed by atoms with E-state index in [-0.39, 0.29) is 0 Å². The molecule has 0 radical (unpaired) electrons. The smallest absolute Gasteiger partial charge is 0.225 e. The summed E-state index contributed by atoms with van der Waals surface area (Å²) < 4.78 is 0. The minimum Gasteiger partial charge on any atom is -0.345 e. The highest BCUT2D eigenvalue weighted by Gasteiger charge is 2.25. The SMILES string of the molecule is CN(CC1CCCNC1)C(=O)C1CCCCCC1. The van der Waals surface area contributed by atoms with Crippen molar-refractivity contribution in [2.45, 2.75) is 51.4 Å². The highest BCUT2D eigenvalue weighted by atomic mass is 16.2. The van der Waals surface area contributed by atoms with Crippen molar-refractivity contribution in [1.29, 1.82) is 0 Å². The summed E-state index contributed by atoms with van der Waals surface area (Å²) in [5.74, 6) is 1.38. The van der Waals surface area contributed by atoms with Crippen LogP contribution in [0.3, 0.4) is 0 Å². The van der Waals surface area contributed by atoms with Crippen LogP contribution >= 0.6 is 0 Å². The largest absolute Gasteiger partial charge is 0.345 e. The maximum atomic E-state index is 12.4. The maximum Gasteiger partial charge on any atom is 0.225 e. The first-order chi connectivity index (χ1) is 8.77. The molecule has 104 valence electrons. The zero-order chi connectivity index (χ0) is 12.8. The monoisotopic (exact) mass is 252 g/mol. The molecular weight excluding hydrogens is 224 g/mol. The summed E-state index contributed by atoms with van der Waals surface area (Å²) in [6, 6.07) is 0. The molecule has 3 nitrogen and oxygen atoms in total. The molecule has 0 aromatic carbocycles. The lowest BCUT2D eigenvalue weighted by Gasteiger charge is -2.29. The summed E-state index contributed by atoms with van der Waals surface area (Å²) in [6.07, 6.45) is 9.90. The predicted octanol–water partition coefficient (Wildman–Crippen LogP) is 2.41. The van der Waals surface area contributed by atoms with Crippen molar-refractivity contribution < 1.29 is 4.79 Å². The van der Waals surface area contributed by atoms with Crippen LogP contribution in [0.5, 0.6) is 0 Å². The fourth-order valence-corrected chi connectivity index (χ4v) is 3.40. The van der Waals surface area contributed by atoms with E-state index < -0.39 is 0 Å². The first-order valence-corrected chi connectivity index (χ1v) is 7.73. The second kappa shape index (κ2) is 7.13. The van der Waals surface area contributed by atoms with Gasteiger partial charge in [0.05, 0.1) is 0 Å². The van der Waals surface area contributed by atoms with Crippen molar-refractivity contribution in [3.05, 3.63) is 0 Å². The topological polar surface area (TPSA) is 32.3 Å². The Balaban J connectivity index is 1.79. The zero-order valence-electron chi connectivity index (χ0n) is 11.8. The molecule has 1 N–H and O–H groups in total. The summed E-state index contributed by atoms with van der Waals surface area (Å²) in [7, 11) is 2.00. The molecule has 1 saturated carbocycles. The van der Waals surface area contributed by atoms with Gasteiger partial charge < -0.3 is 10.2 Å². The number of carbonyl (C=O) groups excluding carboxylic acids is 1. The van der Waals surface area contributed by atoms with E-state index in [4.69, 9.17) is 0 Å². The molecule has 0 spiro atoms. The van der Waals surface area contributed by atoms with E-state index in [0.717, 1.165) is 32.5 Å². The van der Waals surface area contributed by atoms with Crippen LogP contribution in [0.2, 0.25) is 0 Å². The zero-order valence-corrected chi connectivity index (χ0v) is 11.8. The number of amides is 1. The van der Waals surface area contributed by atoms with Gasteiger partial charge in [-0.2, -0.15) is 0 Å². The van der Waals surface area contributed by atoms with Crippen LogP contribution in [0.25, 0.3) is 0 Å². The Labute approximate surface area is 111 Å². The lowest BCUT2D eigenvalue weighted by Crippen LogP contribution is -2.41. The Hall–Kier alpha value is -0.570. The Bertz CT molecular complexity index is 253. The fraction of sp³-hybridized carbons (Fsp3) is 0.933. The van der Waals surface area contributed by atoms with Gasteiger partial charge in [-0.05, 0) is 44.7 Å². The Morgan fingerprint density at radius 2 is 1.83 bits per heavy atom. The number of carbonyl (C=O) groups is 1. The summed E-state index contributed by atoms with van der Waals surface area (Å²) in [4.78, 5) is 14.4. The van der Waals surface area contributed by atoms with Crippen LogP contribution in [-0.4, -0.2) is 37.5 Å². The third-order valence-corrected chi connectivity index (χ3v) is 4.51. The van der Waals surface area contributed by atoms with Crippen molar-refractivity contribution in [2.75, 3.05) is 26.7 Å². The first-order valence-electron chi connectivity index (χ1n) is 7.73. The summed E-state index contributed by atoms with van der Waals surface area (Å²) in [6.45, 7) is 3.18. The normalized spacial score (nSPS) is 26.6. The van der Waals surface area contributed by atoms with Crippen molar-refractivity contribution in [3.63, 3.8) is 0 Å². The van der Waals surface area contributed by atoms with Gasteiger partial charge in [-0.15, -0.1) is 0 Å². The third kappa shape index (κ3) is 3.98. The van der Waals surface area contributed by atoms with Crippen LogP contribution in [0.1, 0.15) is 51.4 Å². The number of piperidine rings is 1. The predicted molar refractivity (Wildman–Crippen MR) is 74.4 cm³/mol. The average molecular weight is 252 g/mol. The van der Waals surface area contributed by atoms with Gasteiger partial charge in [0.15, 0.2) is 0 Å². The minimum atomic E-state index is 0.314. The van der Waals surface area contributed by atoms with E-state index >= 15 is 0 Å². The number of nitrogens with one attached hydrogen (secondary N) is 1. The van der Waals surface area contributed by atoms with Gasteiger partial charge in [0.2, 0.25) is 5.91 Å². The van der Waals surface area contributed by atoms with E-state index in [1.54, 1.807) is 0 Å². The van der Waals surface area contributed by atoms with Crippen LogP contribution in [0.4, 0.5) is 0 Å². The Kier molecular flexibility index (Phi) is 5.48. The molecule has 0 bridgehead atoms. The standard InChI is InChI=1S/C15H28N2O/c1-17(12-13-7-6-10-16-11-13)15(18)14-8-4-2-3-5-9-14/h13-14,16H,2-12H2,1H3. The van der Waals surface area contributed by atoms with Crippen LogP contribution in [0, 0.1) is 11.8 Å². The van der Waals surface area contributed by atoms with Gasteiger partial charge in [-0.1, -0.05) is 25.7 Å². The third-order valence-electron chi connectivity index (χ3n) is 4.51. The first kappa shape index (κ1) is 13.9. The molecule has 1 saturated heterocycles. The molecule has 18 heavy (non-hydrogen) atoms. The van der Waals surface area contributed by atoms with Crippen LogP contribution in [0.15, 0.2) is 0 Å². The molecule has 1 aliphatic heterocycles. The quantitative estimate of drug-likeness (QED) is 0.782. The molecule has 1 aliphatic carbocycles. The molecule has 1 amide bonds. The number of hydrogen-bond acceptors (Lipinski definition) is 2. The molecule has 1 heterocycles. The molecule has 2 fully saturated rings. The molecular formula is C15H28N2O. The van der Waals surface area contributed by atoms with E-state index in [0.29, 0.717) is 17.7 Å². The lowest BCUT2D eigenvalue weighted by molar-refractivity contribution is -0.135. The number of nitrogens with zero attached hydrogens (tertiary/aromatic N) is 1. The highest BCUT2D eigenvalue weighted by Crippen LogP contribution is 2.24. The lowest BCUT2D eigenvalue weighted by atomic mass is 9.96. The van der Waals surface area contributed by atoms with Gasteiger partial charge in [0, 0.05) is 19.5 Å². The summed E-state index contributed by atoms with van der Waals surface area (Å²) in [5.41, 5.74) is 0. The second-order valence-electron chi connectivity index (χ2n) is 6.12. The van der Waals surface area contributed by atoms with E-state index in [9.17, 15) is 4.79 Å². The Morgan fingerprint density at radius 3 is 2.44 bits per heavy atom. The second-order valence-corrected chi connectivity index (χ2v) is 6.12. The van der Waals surface area contributed by atoms with Gasteiger partial charge in [-0.3, -0.25) is 4.79 Å². The van der Waals surface area contributed by atoms with E-state index in [2.05, 4.69) is 5.32 Å². The van der Waals surface area contributed by atoms with Gasteiger partial charge in [0.1, 0.15) is 0 Å². The molecule has 0 aromatic rings. The summed E-state index contributed by atoms with van der Waals surface area (Å²) >= 11 is 0. The molecule has 2 aliphatic rings. The van der Waals surface area contributed by atoms with E-state index in [1.807, 2.05) is 11.9 Å². The van der Waals surface area contributed by atoms with Crippen LogP contribution < -0.4 is 5.32 Å². The molecule has 2 rings (SSSR count). The Morgan fingerprint density at radius 1 is 1.11 bits per heavy atom. The van der Waals surface area contributed by atoms with Gasteiger partial charge in [0.25, 0.3) is 0 Å². The van der Waals surface area contributed by atoms with Crippen molar-refractivity contribution >= 4 is 5.91 Å². The van der Waals surface area contributed by atoms with Crippen molar-refractivity contribution in [3.8, 4) is 0 Å². The van der Waals surface area contributed by atoms with Gasteiger partial charge in [-0.25, -0.2) is 0 Å². The maximum absolute atomic E-state index is 12.4. The molecule has 3 heteroatoms. The number of hydrogen-bond donors (Lipinski definition) is 1. The fourth-order valence-electron chi connectivity index (χ4n) is 3.40. The number of rotatable bonds is 3. The molecule has 0 aromatic heterocycles. The van der Waals surface area contributed by atoms with E-state index in [1.165, 1.54) is 38.5 Å². The van der Waals surface area contributed by atoms with Gasteiger partial charge >= 0.3 is 0 Å². The highest BCUT2D eigenvalue weighted by molar-refractivity contribution is 5.78. The van der Waals surface area contributed by atoms with Crippen molar-refractivity contribution in [1.82, 2.24) is 10.2 Å². The van der Waals surface area contributed by atoms with Crippen molar-refractivity contribution in [2.24, 2.45) is 11.8 Å².